The Kier molecular flexibility index (Phi) is 3.13. The van der Waals surface area contributed by atoms with Crippen LogP contribution in [0.3, 0.4) is 0 Å². The van der Waals surface area contributed by atoms with Gasteiger partial charge in [-0.1, -0.05) is 0 Å². The minimum atomic E-state index is -3.00. The molecular formula is C8H8F2N2O3. The van der Waals surface area contributed by atoms with Gasteiger partial charge in [0.05, 0.1) is 12.0 Å². The summed E-state index contributed by atoms with van der Waals surface area (Å²) in [6.45, 7) is 1.49. The standard InChI is InChI=1S/C8H8F2N2O3/c1-4-3-5(12(13)14)6(7(9)10)11-8(4)15-2/h3,7H,1-2H3. The van der Waals surface area contributed by atoms with Gasteiger partial charge in [0.25, 0.3) is 12.1 Å². The molecule has 82 valence electrons. The summed E-state index contributed by atoms with van der Waals surface area (Å²) < 4.78 is 29.5. The van der Waals surface area contributed by atoms with Crippen LogP contribution in [0.5, 0.6) is 5.88 Å². The molecule has 1 aromatic heterocycles. The first kappa shape index (κ1) is 11.3. The molecule has 0 spiro atoms. The minimum absolute atomic E-state index is 0.0316. The molecule has 0 aromatic carbocycles. The second-order valence-electron chi connectivity index (χ2n) is 2.78. The van der Waals surface area contributed by atoms with Gasteiger partial charge in [0.2, 0.25) is 5.88 Å². The predicted molar refractivity (Wildman–Crippen MR) is 47.1 cm³/mol. The van der Waals surface area contributed by atoms with E-state index in [-0.39, 0.29) is 5.88 Å². The van der Waals surface area contributed by atoms with Gasteiger partial charge in [-0.2, -0.15) is 0 Å². The van der Waals surface area contributed by atoms with Gasteiger partial charge >= 0.3 is 0 Å². The highest BCUT2D eigenvalue weighted by Crippen LogP contribution is 2.31. The molecule has 0 saturated carbocycles. The summed E-state index contributed by atoms with van der Waals surface area (Å²) >= 11 is 0. The van der Waals surface area contributed by atoms with Gasteiger partial charge in [-0.05, 0) is 6.92 Å². The van der Waals surface area contributed by atoms with Crippen molar-refractivity contribution in [2.24, 2.45) is 0 Å². The lowest BCUT2D eigenvalue weighted by molar-refractivity contribution is -0.386. The zero-order valence-electron chi connectivity index (χ0n) is 8.03. The molecule has 15 heavy (non-hydrogen) atoms. The monoisotopic (exact) mass is 218 g/mol. The number of methoxy groups -OCH3 is 1. The number of alkyl halides is 2. The first-order valence-electron chi connectivity index (χ1n) is 3.95. The largest absolute Gasteiger partial charge is 0.481 e. The molecular weight excluding hydrogens is 210 g/mol. The molecule has 1 rings (SSSR count). The van der Waals surface area contributed by atoms with Gasteiger partial charge < -0.3 is 4.74 Å². The summed E-state index contributed by atoms with van der Waals surface area (Å²) in [6, 6.07) is 1.02. The number of aryl methyl sites for hydroxylation is 1. The SMILES string of the molecule is COc1nc(C(F)F)c([N+](=O)[O-])cc1C. The maximum atomic E-state index is 12.4. The first-order chi connectivity index (χ1) is 6.97. The number of ether oxygens (including phenoxy) is 1. The van der Waals surface area contributed by atoms with Crippen molar-refractivity contribution in [2.75, 3.05) is 7.11 Å². The highest BCUT2D eigenvalue weighted by molar-refractivity contribution is 5.43. The number of nitro groups is 1. The third kappa shape index (κ3) is 2.17. The van der Waals surface area contributed by atoms with E-state index >= 15 is 0 Å². The first-order valence-corrected chi connectivity index (χ1v) is 3.95. The van der Waals surface area contributed by atoms with Crippen molar-refractivity contribution in [3.05, 3.63) is 27.4 Å². The Bertz CT molecular complexity index is 396. The number of hydrogen-bond donors (Lipinski definition) is 0. The molecule has 0 amide bonds. The number of rotatable bonds is 3. The fraction of sp³-hybridized carbons (Fsp3) is 0.375. The molecule has 0 aliphatic carbocycles. The number of halogens is 2. The number of aromatic nitrogens is 1. The van der Waals surface area contributed by atoms with Crippen molar-refractivity contribution in [1.82, 2.24) is 4.98 Å². The van der Waals surface area contributed by atoms with Crippen LogP contribution in [0.1, 0.15) is 17.7 Å². The summed E-state index contributed by atoms with van der Waals surface area (Å²) in [5.74, 6) is -0.0316. The van der Waals surface area contributed by atoms with Crippen molar-refractivity contribution in [1.29, 1.82) is 0 Å². The van der Waals surface area contributed by atoms with E-state index in [1.54, 1.807) is 0 Å². The topological polar surface area (TPSA) is 65.3 Å². The maximum absolute atomic E-state index is 12.4. The van der Waals surface area contributed by atoms with Gasteiger partial charge in [-0.25, -0.2) is 13.8 Å². The van der Waals surface area contributed by atoms with E-state index in [1.165, 1.54) is 14.0 Å². The maximum Gasteiger partial charge on any atom is 0.297 e. The van der Waals surface area contributed by atoms with Gasteiger partial charge in [0.1, 0.15) is 0 Å². The van der Waals surface area contributed by atoms with Crippen molar-refractivity contribution in [3.8, 4) is 5.88 Å². The Labute approximate surface area is 83.8 Å². The van der Waals surface area contributed by atoms with E-state index in [1.807, 2.05) is 0 Å². The van der Waals surface area contributed by atoms with Gasteiger partial charge in [0, 0.05) is 11.6 Å². The predicted octanol–water partition coefficient (Wildman–Crippen LogP) is 2.24. The van der Waals surface area contributed by atoms with Crippen LogP contribution in [0.2, 0.25) is 0 Å². The van der Waals surface area contributed by atoms with Crippen molar-refractivity contribution < 1.29 is 18.4 Å². The summed E-state index contributed by atoms with van der Waals surface area (Å²) in [6.07, 6.45) is -3.00. The van der Waals surface area contributed by atoms with E-state index in [0.717, 1.165) is 6.07 Å². The summed E-state index contributed by atoms with van der Waals surface area (Å²) in [5, 5.41) is 10.5. The van der Waals surface area contributed by atoms with Crippen LogP contribution in [0, 0.1) is 17.0 Å². The van der Waals surface area contributed by atoms with Crippen LogP contribution in [-0.4, -0.2) is 17.0 Å². The Morgan fingerprint density at radius 3 is 2.60 bits per heavy atom. The summed E-state index contributed by atoms with van der Waals surface area (Å²) in [4.78, 5) is 13.0. The second-order valence-corrected chi connectivity index (χ2v) is 2.78. The van der Waals surface area contributed by atoms with E-state index in [9.17, 15) is 18.9 Å². The molecule has 0 aliphatic rings. The third-order valence-electron chi connectivity index (χ3n) is 1.77. The molecule has 5 nitrogen and oxygen atoms in total. The highest BCUT2D eigenvalue weighted by atomic mass is 19.3. The Morgan fingerprint density at radius 1 is 1.60 bits per heavy atom. The zero-order valence-corrected chi connectivity index (χ0v) is 8.03. The average molecular weight is 218 g/mol. The van der Waals surface area contributed by atoms with E-state index in [0.29, 0.717) is 5.56 Å². The van der Waals surface area contributed by atoms with Crippen molar-refractivity contribution in [3.63, 3.8) is 0 Å². The molecule has 0 radical (unpaired) electrons. The van der Waals surface area contributed by atoms with E-state index in [2.05, 4.69) is 4.98 Å². The number of hydrogen-bond acceptors (Lipinski definition) is 4. The minimum Gasteiger partial charge on any atom is -0.481 e. The molecule has 0 aliphatic heterocycles. The molecule has 0 atom stereocenters. The Balaban J connectivity index is 3.38. The number of nitrogens with zero attached hydrogens (tertiary/aromatic N) is 2. The van der Waals surface area contributed by atoms with Crippen LogP contribution in [0.4, 0.5) is 14.5 Å². The van der Waals surface area contributed by atoms with E-state index in [4.69, 9.17) is 4.74 Å². The Hall–Kier alpha value is -1.79. The van der Waals surface area contributed by atoms with Crippen LogP contribution < -0.4 is 4.74 Å². The lowest BCUT2D eigenvalue weighted by Gasteiger charge is -2.06. The molecule has 0 fully saturated rings. The number of pyridine rings is 1. The summed E-state index contributed by atoms with van der Waals surface area (Å²) in [7, 11) is 1.26. The molecule has 7 heteroatoms. The molecule has 0 bridgehead atoms. The van der Waals surface area contributed by atoms with Crippen molar-refractivity contribution in [2.45, 2.75) is 13.3 Å². The quantitative estimate of drug-likeness (QED) is 0.576. The normalized spacial score (nSPS) is 10.5. The molecule has 0 unspecified atom stereocenters. The van der Waals surface area contributed by atoms with Gasteiger partial charge in [-0.3, -0.25) is 10.1 Å². The summed E-state index contributed by atoms with van der Waals surface area (Å²) in [5.41, 5.74) is -1.22. The highest BCUT2D eigenvalue weighted by Gasteiger charge is 2.25. The fourth-order valence-electron chi connectivity index (χ4n) is 1.11. The smallest absolute Gasteiger partial charge is 0.297 e. The van der Waals surface area contributed by atoms with Gasteiger partial charge in [-0.15, -0.1) is 0 Å². The van der Waals surface area contributed by atoms with E-state index < -0.39 is 22.7 Å². The second kappa shape index (κ2) is 4.16. The molecule has 0 N–H and O–H groups in total. The van der Waals surface area contributed by atoms with Crippen LogP contribution in [0.25, 0.3) is 0 Å². The lowest BCUT2D eigenvalue weighted by Crippen LogP contribution is -2.02. The van der Waals surface area contributed by atoms with Crippen LogP contribution in [-0.2, 0) is 0 Å². The lowest BCUT2D eigenvalue weighted by atomic mass is 10.2. The molecule has 1 aromatic rings. The molecule has 0 saturated heterocycles. The Morgan fingerprint density at radius 2 is 2.20 bits per heavy atom. The average Bonchev–Trinajstić information content (AvgIpc) is 2.16. The third-order valence-corrected chi connectivity index (χ3v) is 1.77. The van der Waals surface area contributed by atoms with Crippen molar-refractivity contribution >= 4 is 5.69 Å². The fourth-order valence-corrected chi connectivity index (χ4v) is 1.11. The zero-order chi connectivity index (χ0) is 11.6. The van der Waals surface area contributed by atoms with Crippen LogP contribution in [0.15, 0.2) is 6.07 Å². The van der Waals surface area contributed by atoms with Gasteiger partial charge in [0.15, 0.2) is 5.69 Å². The van der Waals surface area contributed by atoms with Crippen LogP contribution >= 0.6 is 0 Å². The molecule has 1 heterocycles.